The van der Waals surface area contributed by atoms with Gasteiger partial charge in [-0.25, -0.2) is 9.97 Å². The topological polar surface area (TPSA) is 30.7 Å². The van der Waals surface area contributed by atoms with E-state index in [0.717, 1.165) is 16.7 Å². The van der Waals surface area contributed by atoms with Crippen LogP contribution in [0.15, 0.2) is 12.4 Å². The molecule has 2 heterocycles. The first-order chi connectivity index (χ1) is 6.91. The Morgan fingerprint density at radius 2 is 1.93 bits per heavy atom. The Morgan fingerprint density at radius 1 is 1.27 bits per heavy atom. The zero-order valence-corrected chi connectivity index (χ0v) is 10.1. The zero-order chi connectivity index (χ0) is 11.2. The summed E-state index contributed by atoms with van der Waals surface area (Å²) in [5.74, 6) is 0. The van der Waals surface area contributed by atoms with Crippen molar-refractivity contribution in [2.45, 2.75) is 26.2 Å². The van der Waals surface area contributed by atoms with Gasteiger partial charge in [-0.15, -0.1) is 0 Å². The molecule has 0 unspecified atom stereocenters. The fourth-order valence-corrected chi connectivity index (χ4v) is 1.89. The summed E-state index contributed by atoms with van der Waals surface area (Å²) >= 11 is 6.07. The molecule has 0 atom stereocenters. The average Bonchev–Trinajstić information content (AvgIpc) is 2.41. The minimum absolute atomic E-state index is 0.00583. The normalized spacial score (nSPS) is 12.3. The van der Waals surface area contributed by atoms with Gasteiger partial charge in [-0.05, 0) is 6.07 Å². The third-order valence-corrected chi connectivity index (χ3v) is 2.84. The van der Waals surface area contributed by atoms with Crippen LogP contribution in [0.5, 0.6) is 0 Å². The van der Waals surface area contributed by atoms with Gasteiger partial charge < -0.3 is 4.57 Å². The summed E-state index contributed by atoms with van der Waals surface area (Å²) in [6, 6.07) is 1.93. The maximum Gasteiger partial charge on any atom is 0.144 e. The van der Waals surface area contributed by atoms with Gasteiger partial charge in [0.05, 0.1) is 5.69 Å². The van der Waals surface area contributed by atoms with E-state index in [9.17, 15) is 0 Å². The molecule has 0 spiro atoms. The number of halogens is 1. The molecular weight excluding hydrogens is 210 g/mol. The number of nitrogens with zero attached hydrogens (tertiary/aromatic N) is 3. The summed E-state index contributed by atoms with van der Waals surface area (Å²) in [5.41, 5.74) is 1.93. The summed E-state index contributed by atoms with van der Waals surface area (Å²) in [6.07, 6.45) is 1.60. The predicted octanol–water partition coefficient (Wildman–Crippen LogP) is 2.92. The second-order valence-corrected chi connectivity index (χ2v) is 5.12. The van der Waals surface area contributed by atoms with Crippen molar-refractivity contribution in [1.29, 1.82) is 0 Å². The molecule has 2 aromatic heterocycles. The van der Waals surface area contributed by atoms with Crippen molar-refractivity contribution in [3.05, 3.63) is 23.2 Å². The highest BCUT2D eigenvalue weighted by Gasteiger charge is 2.20. The molecule has 0 aliphatic rings. The quantitative estimate of drug-likeness (QED) is 0.688. The highest BCUT2D eigenvalue weighted by atomic mass is 35.5. The van der Waals surface area contributed by atoms with E-state index < -0.39 is 0 Å². The third kappa shape index (κ3) is 1.61. The highest BCUT2D eigenvalue weighted by molar-refractivity contribution is 6.30. The summed E-state index contributed by atoms with van der Waals surface area (Å²) in [6.45, 7) is 6.40. The molecule has 3 nitrogen and oxygen atoms in total. The van der Waals surface area contributed by atoms with Crippen molar-refractivity contribution in [2.75, 3.05) is 0 Å². The van der Waals surface area contributed by atoms with Gasteiger partial charge in [-0.3, -0.25) is 0 Å². The van der Waals surface area contributed by atoms with Crippen LogP contribution in [0.25, 0.3) is 11.0 Å². The van der Waals surface area contributed by atoms with Crippen molar-refractivity contribution >= 4 is 22.6 Å². The Labute approximate surface area is 94.1 Å². The summed E-state index contributed by atoms with van der Waals surface area (Å²) in [7, 11) is 1.91. The number of rotatable bonds is 0. The molecule has 0 saturated heterocycles. The molecule has 0 N–H and O–H groups in total. The molecule has 15 heavy (non-hydrogen) atoms. The van der Waals surface area contributed by atoms with Crippen LogP contribution in [-0.2, 0) is 12.5 Å². The molecule has 0 aliphatic carbocycles. The minimum Gasteiger partial charge on any atom is -0.319 e. The molecule has 0 radical (unpaired) electrons. The van der Waals surface area contributed by atoms with E-state index in [1.54, 1.807) is 6.33 Å². The Morgan fingerprint density at radius 3 is 2.53 bits per heavy atom. The minimum atomic E-state index is 0.00583. The fraction of sp³-hybridized carbons (Fsp3) is 0.455. The molecule has 80 valence electrons. The summed E-state index contributed by atoms with van der Waals surface area (Å²) < 4.78 is 1.87. The van der Waals surface area contributed by atoms with Crippen LogP contribution in [0.3, 0.4) is 0 Å². The van der Waals surface area contributed by atoms with E-state index in [0.29, 0.717) is 5.15 Å². The standard InChI is InChI=1S/C11H14ClN3/c1-11(2,3)9-7-5-8(12)15(4)10(7)14-6-13-9/h5-6H,1-4H3. The van der Waals surface area contributed by atoms with Crippen LogP contribution in [0, 0.1) is 0 Å². The highest BCUT2D eigenvalue weighted by Crippen LogP contribution is 2.29. The first-order valence-corrected chi connectivity index (χ1v) is 5.25. The lowest BCUT2D eigenvalue weighted by atomic mass is 9.90. The number of hydrogen-bond donors (Lipinski definition) is 0. The SMILES string of the molecule is Cn1c(Cl)cc2c(C(C)(C)C)ncnc21. The van der Waals surface area contributed by atoms with E-state index in [1.807, 2.05) is 17.7 Å². The van der Waals surface area contributed by atoms with Crippen molar-refractivity contribution < 1.29 is 0 Å². The van der Waals surface area contributed by atoms with Crippen LogP contribution in [0.4, 0.5) is 0 Å². The van der Waals surface area contributed by atoms with E-state index in [2.05, 4.69) is 30.7 Å². The molecule has 0 fully saturated rings. The lowest BCUT2D eigenvalue weighted by Crippen LogP contribution is -2.14. The first-order valence-electron chi connectivity index (χ1n) is 4.87. The van der Waals surface area contributed by atoms with Crippen LogP contribution in [0.2, 0.25) is 5.15 Å². The number of fused-ring (bicyclic) bond motifs is 1. The third-order valence-electron chi connectivity index (χ3n) is 2.47. The van der Waals surface area contributed by atoms with Crippen molar-refractivity contribution in [3.8, 4) is 0 Å². The van der Waals surface area contributed by atoms with Crippen LogP contribution in [0.1, 0.15) is 26.5 Å². The van der Waals surface area contributed by atoms with E-state index >= 15 is 0 Å². The lowest BCUT2D eigenvalue weighted by Gasteiger charge is -2.17. The Kier molecular flexibility index (Phi) is 2.23. The molecule has 0 bridgehead atoms. The number of aryl methyl sites for hydroxylation is 1. The predicted molar refractivity (Wildman–Crippen MR) is 62.2 cm³/mol. The lowest BCUT2D eigenvalue weighted by molar-refractivity contribution is 0.574. The van der Waals surface area contributed by atoms with Gasteiger partial charge in [-0.2, -0.15) is 0 Å². The Bertz CT molecular complexity index is 508. The summed E-state index contributed by atoms with van der Waals surface area (Å²) in [4.78, 5) is 8.59. The van der Waals surface area contributed by atoms with Crippen molar-refractivity contribution in [2.24, 2.45) is 7.05 Å². The number of hydrogen-bond acceptors (Lipinski definition) is 2. The first kappa shape index (κ1) is 10.4. The van der Waals surface area contributed by atoms with E-state index in [1.165, 1.54) is 0 Å². The molecule has 0 amide bonds. The largest absolute Gasteiger partial charge is 0.319 e. The van der Waals surface area contributed by atoms with Gasteiger partial charge >= 0.3 is 0 Å². The molecular formula is C11H14ClN3. The van der Waals surface area contributed by atoms with Gasteiger partial charge in [-0.1, -0.05) is 32.4 Å². The molecule has 2 aromatic rings. The van der Waals surface area contributed by atoms with Crippen LogP contribution < -0.4 is 0 Å². The number of aromatic nitrogens is 3. The average molecular weight is 224 g/mol. The van der Waals surface area contributed by atoms with Crippen LogP contribution >= 0.6 is 11.6 Å². The smallest absolute Gasteiger partial charge is 0.144 e. The van der Waals surface area contributed by atoms with Gasteiger partial charge in [0.1, 0.15) is 17.1 Å². The van der Waals surface area contributed by atoms with Gasteiger partial charge in [0.15, 0.2) is 0 Å². The Hall–Kier alpha value is -1.09. The van der Waals surface area contributed by atoms with Gasteiger partial charge in [0.25, 0.3) is 0 Å². The Balaban J connectivity index is 2.83. The monoisotopic (exact) mass is 223 g/mol. The van der Waals surface area contributed by atoms with E-state index in [4.69, 9.17) is 11.6 Å². The maximum absolute atomic E-state index is 6.07. The second kappa shape index (κ2) is 3.20. The molecule has 4 heteroatoms. The van der Waals surface area contributed by atoms with E-state index in [-0.39, 0.29) is 5.41 Å². The molecule has 2 rings (SSSR count). The fourth-order valence-electron chi connectivity index (χ4n) is 1.70. The van der Waals surface area contributed by atoms with Crippen molar-refractivity contribution in [3.63, 3.8) is 0 Å². The summed E-state index contributed by atoms with van der Waals surface area (Å²) in [5, 5.41) is 1.73. The zero-order valence-electron chi connectivity index (χ0n) is 9.37. The van der Waals surface area contributed by atoms with Gasteiger partial charge in [0.2, 0.25) is 0 Å². The second-order valence-electron chi connectivity index (χ2n) is 4.74. The molecule has 0 aromatic carbocycles. The van der Waals surface area contributed by atoms with Crippen molar-refractivity contribution in [1.82, 2.24) is 14.5 Å². The molecule has 0 aliphatic heterocycles. The van der Waals surface area contributed by atoms with Crippen LogP contribution in [-0.4, -0.2) is 14.5 Å². The maximum atomic E-state index is 6.07. The van der Waals surface area contributed by atoms with Gasteiger partial charge in [0, 0.05) is 17.8 Å². The molecule has 0 saturated carbocycles.